The first kappa shape index (κ1) is 14.9. The summed E-state index contributed by atoms with van der Waals surface area (Å²) in [6, 6.07) is 4.02. The third kappa shape index (κ3) is 4.63. The zero-order valence-electron chi connectivity index (χ0n) is 12.0. The maximum Gasteiger partial charge on any atom is 0.213 e. The minimum atomic E-state index is 0.694. The van der Waals surface area contributed by atoms with Crippen molar-refractivity contribution < 1.29 is 4.74 Å². The molecule has 0 saturated carbocycles. The van der Waals surface area contributed by atoms with Gasteiger partial charge in [0.15, 0.2) is 0 Å². The highest BCUT2D eigenvalue weighted by Crippen LogP contribution is 2.12. The zero-order valence-corrected chi connectivity index (χ0v) is 12.0. The van der Waals surface area contributed by atoms with Crippen LogP contribution in [0.25, 0.3) is 0 Å². The molecule has 0 aliphatic carbocycles. The second-order valence-corrected chi connectivity index (χ2v) is 4.30. The van der Waals surface area contributed by atoms with Gasteiger partial charge in [-0.15, -0.1) is 0 Å². The smallest absolute Gasteiger partial charge is 0.213 e. The predicted octanol–water partition coefficient (Wildman–Crippen LogP) is 1.83. The van der Waals surface area contributed by atoms with Crippen LogP contribution in [0.2, 0.25) is 0 Å². The Morgan fingerprint density at radius 2 is 2.00 bits per heavy atom. The minimum absolute atomic E-state index is 0.694. The van der Waals surface area contributed by atoms with Crippen LogP contribution >= 0.6 is 0 Å². The van der Waals surface area contributed by atoms with Gasteiger partial charge in [-0.3, -0.25) is 0 Å². The third-order valence-electron chi connectivity index (χ3n) is 3.09. The number of ether oxygens (including phenoxy) is 1. The number of rotatable bonds is 8. The number of hydrogen-bond acceptors (Lipinski definition) is 4. The van der Waals surface area contributed by atoms with E-state index in [9.17, 15) is 0 Å². The molecule has 0 bridgehead atoms. The van der Waals surface area contributed by atoms with E-state index in [-0.39, 0.29) is 0 Å². The first-order chi connectivity index (χ1) is 8.71. The van der Waals surface area contributed by atoms with Crippen molar-refractivity contribution in [3.8, 4) is 5.88 Å². The molecular weight excluding hydrogens is 226 g/mol. The fourth-order valence-electron chi connectivity index (χ4n) is 1.84. The summed E-state index contributed by atoms with van der Waals surface area (Å²) < 4.78 is 5.68. The molecule has 0 spiro atoms. The second-order valence-electron chi connectivity index (χ2n) is 4.30. The van der Waals surface area contributed by atoms with E-state index in [1.54, 1.807) is 0 Å². The van der Waals surface area contributed by atoms with E-state index in [4.69, 9.17) is 4.74 Å². The van der Waals surface area contributed by atoms with Crippen LogP contribution in [0.1, 0.15) is 25.1 Å². The molecule has 1 rings (SSSR count). The van der Waals surface area contributed by atoms with Crippen LogP contribution in [0.4, 0.5) is 0 Å². The van der Waals surface area contributed by atoms with E-state index in [2.05, 4.69) is 35.1 Å². The predicted molar refractivity (Wildman–Crippen MR) is 75.0 cm³/mol. The number of aromatic nitrogens is 1. The van der Waals surface area contributed by atoms with Gasteiger partial charge in [-0.2, -0.15) is 0 Å². The molecule has 0 aromatic carbocycles. The lowest BCUT2D eigenvalue weighted by Gasteiger charge is -2.18. The quantitative estimate of drug-likeness (QED) is 0.765. The molecule has 0 atom stereocenters. The van der Waals surface area contributed by atoms with Gasteiger partial charge < -0.3 is 15.0 Å². The molecule has 0 aliphatic rings. The lowest BCUT2D eigenvalue weighted by molar-refractivity contribution is 0.217. The topological polar surface area (TPSA) is 37.4 Å². The molecule has 1 heterocycles. The van der Waals surface area contributed by atoms with Crippen molar-refractivity contribution in [3.63, 3.8) is 0 Å². The molecule has 0 saturated heterocycles. The molecular formula is C14H25N3O. The largest absolute Gasteiger partial charge is 0.476 e. The normalized spacial score (nSPS) is 10.9. The van der Waals surface area contributed by atoms with Gasteiger partial charge in [0.25, 0.3) is 0 Å². The number of pyridine rings is 1. The molecule has 4 nitrogen and oxygen atoms in total. The molecule has 102 valence electrons. The van der Waals surface area contributed by atoms with E-state index in [0.29, 0.717) is 6.61 Å². The van der Waals surface area contributed by atoms with Crippen molar-refractivity contribution in [1.29, 1.82) is 0 Å². The first-order valence-corrected chi connectivity index (χ1v) is 6.67. The van der Waals surface area contributed by atoms with Crippen molar-refractivity contribution in [2.45, 2.75) is 27.3 Å². The molecule has 18 heavy (non-hydrogen) atoms. The summed E-state index contributed by atoms with van der Waals surface area (Å²) in [5.74, 6) is 0.722. The van der Waals surface area contributed by atoms with Crippen LogP contribution in [0.3, 0.4) is 0 Å². The molecule has 1 N–H and O–H groups in total. The molecule has 0 fully saturated rings. The summed E-state index contributed by atoms with van der Waals surface area (Å²) in [4.78, 5) is 6.80. The van der Waals surface area contributed by atoms with Gasteiger partial charge in [-0.1, -0.05) is 19.9 Å². The number of nitrogens with zero attached hydrogens (tertiary/aromatic N) is 2. The van der Waals surface area contributed by atoms with Gasteiger partial charge in [-0.05, 0) is 32.6 Å². The van der Waals surface area contributed by atoms with Crippen molar-refractivity contribution in [2.75, 3.05) is 33.3 Å². The van der Waals surface area contributed by atoms with Gasteiger partial charge in [0.05, 0.1) is 0 Å². The van der Waals surface area contributed by atoms with E-state index >= 15 is 0 Å². The summed E-state index contributed by atoms with van der Waals surface area (Å²) in [5.41, 5.74) is 2.25. The fourth-order valence-corrected chi connectivity index (χ4v) is 1.84. The van der Waals surface area contributed by atoms with Gasteiger partial charge >= 0.3 is 0 Å². The Hall–Kier alpha value is -1.13. The summed E-state index contributed by atoms with van der Waals surface area (Å²) in [5, 5.41) is 3.13. The molecule has 0 amide bonds. The standard InChI is InChI=1S/C14H25N3O/c1-5-17(6-2)9-10-18-14-8-7-13(11-15-4)12(3)16-14/h7-8,15H,5-6,9-11H2,1-4H3. The van der Waals surface area contributed by atoms with Crippen LogP contribution < -0.4 is 10.1 Å². The Labute approximate surface area is 110 Å². The van der Waals surface area contributed by atoms with Crippen LogP contribution in [0.15, 0.2) is 12.1 Å². The van der Waals surface area contributed by atoms with Crippen molar-refractivity contribution in [2.24, 2.45) is 0 Å². The Bertz CT molecular complexity index is 351. The Morgan fingerprint density at radius 1 is 1.28 bits per heavy atom. The molecule has 1 aromatic rings. The number of nitrogens with one attached hydrogen (secondary N) is 1. The maximum absolute atomic E-state index is 5.68. The molecule has 4 heteroatoms. The Kier molecular flexibility index (Phi) is 6.68. The molecule has 0 unspecified atom stereocenters. The lowest BCUT2D eigenvalue weighted by Crippen LogP contribution is -2.28. The Morgan fingerprint density at radius 3 is 2.56 bits per heavy atom. The fraction of sp³-hybridized carbons (Fsp3) is 0.643. The molecule has 1 aromatic heterocycles. The molecule has 0 aliphatic heterocycles. The van der Waals surface area contributed by atoms with E-state index in [0.717, 1.165) is 37.8 Å². The van der Waals surface area contributed by atoms with Crippen molar-refractivity contribution in [1.82, 2.24) is 15.2 Å². The summed E-state index contributed by atoms with van der Waals surface area (Å²) in [7, 11) is 1.94. The first-order valence-electron chi connectivity index (χ1n) is 6.67. The highest BCUT2D eigenvalue weighted by molar-refractivity contribution is 5.24. The van der Waals surface area contributed by atoms with Crippen LogP contribution in [-0.4, -0.2) is 43.2 Å². The van der Waals surface area contributed by atoms with Crippen molar-refractivity contribution >= 4 is 0 Å². The van der Waals surface area contributed by atoms with Crippen molar-refractivity contribution in [3.05, 3.63) is 23.4 Å². The summed E-state index contributed by atoms with van der Waals surface area (Å²) in [6.07, 6.45) is 0. The van der Waals surface area contributed by atoms with Crippen LogP contribution in [-0.2, 0) is 6.54 Å². The third-order valence-corrected chi connectivity index (χ3v) is 3.09. The zero-order chi connectivity index (χ0) is 13.4. The van der Waals surface area contributed by atoms with Gasteiger partial charge in [0, 0.05) is 24.8 Å². The van der Waals surface area contributed by atoms with Gasteiger partial charge in [-0.25, -0.2) is 4.98 Å². The average Bonchev–Trinajstić information content (AvgIpc) is 2.38. The van der Waals surface area contributed by atoms with Gasteiger partial charge in [0.2, 0.25) is 5.88 Å². The lowest BCUT2D eigenvalue weighted by atomic mass is 10.2. The highest BCUT2D eigenvalue weighted by Gasteiger charge is 2.03. The average molecular weight is 251 g/mol. The number of hydrogen-bond donors (Lipinski definition) is 1. The monoisotopic (exact) mass is 251 g/mol. The van der Waals surface area contributed by atoms with Crippen LogP contribution in [0.5, 0.6) is 5.88 Å². The van der Waals surface area contributed by atoms with Crippen LogP contribution in [0, 0.1) is 6.92 Å². The number of aryl methyl sites for hydroxylation is 1. The van der Waals surface area contributed by atoms with E-state index in [1.165, 1.54) is 5.56 Å². The maximum atomic E-state index is 5.68. The SMILES string of the molecule is CCN(CC)CCOc1ccc(CNC)c(C)n1. The number of likely N-dealkylation sites (N-methyl/N-ethyl adjacent to an activating group) is 1. The Balaban J connectivity index is 2.45. The minimum Gasteiger partial charge on any atom is -0.476 e. The molecule has 0 radical (unpaired) electrons. The van der Waals surface area contributed by atoms with E-state index < -0.39 is 0 Å². The summed E-state index contributed by atoms with van der Waals surface area (Å²) in [6.45, 7) is 11.0. The van der Waals surface area contributed by atoms with Gasteiger partial charge in [0.1, 0.15) is 6.61 Å². The summed E-state index contributed by atoms with van der Waals surface area (Å²) >= 11 is 0. The van der Waals surface area contributed by atoms with E-state index in [1.807, 2.05) is 20.0 Å². The second kappa shape index (κ2) is 8.06. The highest BCUT2D eigenvalue weighted by atomic mass is 16.5.